The molecule has 1 saturated heterocycles. The molecule has 10 nitrogen and oxygen atoms in total. The summed E-state index contributed by atoms with van der Waals surface area (Å²) >= 11 is 0. The van der Waals surface area contributed by atoms with Crippen molar-refractivity contribution in [3.8, 4) is 11.4 Å². The van der Waals surface area contributed by atoms with Gasteiger partial charge in [0.1, 0.15) is 16.4 Å². The lowest BCUT2D eigenvalue weighted by atomic mass is 10.1. The third-order valence-corrected chi connectivity index (χ3v) is 9.96. The molecule has 1 aliphatic carbocycles. The number of halogens is 1. The van der Waals surface area contributed by atoms with E-state index in [9.17, 15) is 17.6 Å². The van der Waals surface area contributed by atoms with E-state index >= 15 is 0 Å². The first-order chi connectivity index (χ1) is 19.1. The monoisotopic (exact) mass is 569 g/mol. The number of amides is 2. The minimum Gasteiger partial charge on any atom is -0.395 e. The van der Waals surface area contributed by atoms with Crippen molar-refractivity contribution < 1.29 is 27.4 Å². The van der Waals surface area contributed by atoms with Crippen molar-refractivity contribution in [1.82, 2.24) is 15.3 Å². The van der Waals surface area contributed by atoms with Gasteiger partial charge in [-0.25, -0.2) is 27.6 Å². The Morgan fingerprint density at radius 3 is 2.60 bits per heavy atom. The van der Waals surface area contributed by atoms with Gasteiger partial charge >= 0.3 is 6.03 Å². The molecule has 0 bridgehead atoms. The van der Waals surface area contributed by atoms with Crippen LogP contribution >= 0.6 is 0 Å². The smallest absolute Gasteiger partial charge is 0.319 e. The van der Waals surface area contributed by atoms with E-state index in [1.54, 1.807) is 37.3 Å². The first kappa shape index (κ1) is 27.9. The van der Waals surface area contributed by atoms with E-state index in [-0.39, 0.29) is 24.1 Å². The molecule has 0 spiro atoms. The van der Waals surface area contributed by atoms with E-state index < -0.39 is 26.4 Å². The third-order valence-electron chi connectivity index (χ3n) is 7.30. The van der Waals surface area contributed by atoms with Gasteiger partial charge in [-0.1, -0.05) is 6.07 Å². The Kier molecular flexibility index (Phi) is 7.76. The molecule has 212 valence electrons. The van der Waals surface area contributed by atoms with Gasteiger partial charge in [0.2, 0.25) is 0 Å². The van der Waals surface area contributed by atoms with E-state index in [1.807, 2.05) is 6.92 Å². The maximum Gasteiger partial charge on any atom is 0.319 e. The molecule has 0 unspecified atom stereocenters. The van der Waals surface area contributed by atoms with Gasteiger partial charge in [-0.05, 0) is 68.7 Å². The molecule has 3 N–H and O–H groups in total. The highest BCUT2D eigenvalue weighted by Gasteiger charge is 2.58. The lowest BCUT2D eigenvalue weighted by Gasteiger charge is -2.34. The molecule has 40 heavy (non-hydrogen) atoms. The molecule has 12 heteroatoms. The Morgan fingerprint density at radius 1 is 1.18 bits per heavy atom. The lowest BCUT2D eigenvalue weighted by molar-refractivity contribution is 0.0985. The van der Waals surface area contributed by atoms with Crippen molar-refractivity contribution in [2.24, 2.45) is 0 Å². The molecule has 1 aromatic heterocycles. The van der Waals surface area contributed by atoms with Crippen LogP contribution in [-0.4, -0.2) is 68.5 Å². The number of benzene rings is 2. The fraction of sp³-hybridized carbons (Fsp3) is 0.393. The van der Waals surface area contributed by atoms with Crippen molar-refractivity contribution in [2.75, 3.05) is 43.1 Å². The van der Waals surface area contributed by atoms with Crippen molar-refractivity contribution in [3.63, 3.8) is 0 Å². The molecule has 2 fully saturated rings. The number of aliphatic hydroxyl groups is 1. The summed E-state index contributed by atoms with van der Waals surface area (Å²) in [6.45, 7) is 5.26. The molecule has 1 saturated carbocycles. The number of hydrogen-bond donors (Lipinski definition) is 3. The number of aliphatic hydroxyl groups excluding tert-OH is 1. The van der Waals surface area contributed by atoms with Crippen LogP contribution in [0.15, 0.2) is 53.4 Å². The summed E-state index contributed by atoms with van der Waals surface area (Å²) in [4.78, 5) is 23.6. The second-order valence-corrected chi connectivity index (χ2v) is 12.4. The van der Waals surface area contributed by atoms with Gasteiger partial charge in [-0.15, -0.1) is 0 Å². The van der Waals surface area contributed by atoms with Gasteiger partial charge < -0.3 is 25.4 Å². The minimum atomic E-state index is -3.97. The van der Waals surface area contributed by atoms with E-state index in [1.165, 1.54) is 12.1 Å². The molecule has 2 aliphatic rings. The number of ether oxygens (including phenoxy) is 1. The number of aryl methyl sites for hydroxylation is 1. The summed E-state index contributed by atoms with van der Waals surface area (Å²) in [7, 11) is -3.97. The Hall–Kier alpha value is -3.61. The zero-order valence-electron chi connectivity index (χ0n) is 22.4. The van der Waals surface area contributed by atoms with Crippen LogP contribution < -0.4 is 15.5 Å². The number of carbonyl (C=O) groups is 1. The van der Waals surface area contributed by atoms with Crippen LogP contribution in [0, 0.1) is 12.7 Å². The van der Waals surface area contributed by atoms with Gasteiger partial charge in [-0.2, -0.15) is 0 Å². The summed E-state index contributed by atoms with van der Waals surface area (Å²) in [5.74, 6) is 0.337. The number of sulfone groups is 1. The van der Waals surface area contributed by atoms with E-state index in [2.05, 4.69) is 15.5 Å². The largest absolute Gasteiger partial charge is 0.395 e. The summed E-state index contributed by atoms with van der Waals surface area (Å²) in [6.07, 6.45) is 0.733. The van der Waals surface area contributed by atoms with Crippen LogP contribution in [0.4, 0.5) is 20.7 Å². The maximum atomic E-state index is 14.1. The molecule has 2 heterocycles. The van der Waals surface area contributed by atoms with Crippen LogP contribution in [-0.2, 0) is 19.3 Å². The Balaban J connectivity index is 1.56. The van der Waals surface area contributed by atoms with Crippen molar-refractivity contribution >= 4 is 27.4 Å². The summed E-state index contributed by atoms with van der Waals surface area (Å²) in [5.41, 5.74) is 2.02. The van der Waals surface area contributed by atoms with Crippen molar-refractivity contribution in [2.45, 2.75) is 42.4 Å². The van der Waals surface area contributed by atoms with Gasteiger partial charge in [-0.3, -0.25) is 0 Å². The van der Waals surface area contributed by atoms with Crippen molar-refractivity contribution in [3.05, 3.63) is 65.6 Å². The zero-order valence-corrected chi connectivity index (χ0v) is 23.2. The molecule has 2 aromatic carbocycles. The van der Waals surface area contributed by atoms with E-state index in [0.29, 0.717) is 66.8 Å². The standard InChI is InChI=1S/C28H32FN5O5S/c1-18-3-6-21(29)15-23(18)40(37,38)28(9-10-28)24-16-25(34-12-14-39-17-19(34)2)33-26(32-24)20-4-7-22(8-5-20)31-27(36)30-11-13-35/h3-8,15-16,19,35H,9-14,17H2,1-2H3,(H2,30,31,36)/t19-/m0/s1. The predicted molar refractivity (Wildman–Crippen MR) is 148 cm³/mol. The fourth-order valence-corrected chi connectivity index (χ4v) is 7.11. The van der Waals surface area contributed by atoms with Crippen LogP contribution in [0.2, 0.25) is 0 Å². The minimum absolute atomic E-state index is 0.0191. The Bertz CT molecular complexity index is 1510. The number of rotatable bonds is 8. The van der Waals surface area contributed by atoms with Crippen molar-refractivity contribution in [1.29, 1.82) is 0 Å². The number of morpholine rings is 1. The van der Waals surface area contributed by atoms with Gasteiger partial charge in [0, 0.05) is 30.4 Å². The third kappa shape index (κ3) is 5.38. The fourth-order valence-electron chi connectivity index (χ4n) is 4.91. The van der Waals surface area contributed by atoms with E-state index in [4.69, 9.17) is 19.8 Å². The Morgan fingerprint density at radius 2 is 1.93 bits per heavy atom. The van der Waals surface area contributed by atoms with Gasteiger partial charge in [0.05, 0.1) is 36.5 Å². The average molecular weight is 570 g/mol. The number of urea groups is 1. The number of anilines is 2. The molecule has 1 atom stereocenters. The van der Waals surface area contributed by atoms with Crippen LogP contribution in [0.1, 0.15) is 31.0 Å². The van der Waals surface area contributed by atoms with Crippen LogP contribution in [0.25, 0.3) is 11.4 Å². The average Bonchev–Trinajstić information content (AvgIpc) is 3.77. The molecule has 1 aliphatic heterocycles. The summed E-state index contributed by atoms with van der Waals surface area (Å²) in [5, 5.41) is 14.1. The maximum absolute atomic E-state index is 14.1. The highest BCUT2D eigenvalue weighted by atomic mass is 32.2. The summed E-state index contributed by atoms with van der Waals surface area (Å²) in [6, 6.07) is 12.0. The van der Waals surface area contributed by atoms with Gasteiger partial charge in [0.15, 0.2) is 15.7 Å². The Labute approximate surface area is 232 Å². The molecule has 5 rings (SSSR count). The number of hydrogen-bond acceptors (Lipinski definition) is 8. The normalized spacial score (nSPS) is 18.3. The van der Waals surface area contributed by atoms with E-state index in [0.717, 1.165) is 6.07 Å². The summed E-state index contributed by atoms with van der Waals surface area (Å²) < 4.78 is 46.4. The number of nitrogens with zero attached hydrogens (tertiary/aromatic N) is 3. The second-order valence-electron chi connectivity index (χ2n) is 10.1. The first-order valence-corrected chi connectivity index (χ1v) is 14.6. The highest BCUT2D eigenvalue weighted by molar-refractivity contribution is 7.92. The second kappa shape index (κ2) is 11.1. The topological polar surface area (TPSA) is 134 Å². The molecule has 2 amide bonds. The lowest BCUT2D eigenvalue weighted by Crippen LogP contribution is -2.44. The predicted octanol–water partition coefficient (Wildman–Crippen LogP) is 3.39. The SMILES string of the molecule is Cc1ccc(F)cc1S(=O)(=O)C1(c2cc(N3CCOC[C@@H]3C)nc(-c3ccc(NC(=O)NCCO)cc3)n2)CC1. The van der Waals surface area contributed by atoms with Crippen LogP contribution in [0.5, 0.6) is 0 Å². The molecule has 0 radical (unpaired) electrons. The number of nitrogens with one attached hydrogen (secondary N) is 2. The number of carbonyl (C=O) groups excluding carboxylic acids is 1. The van der Waals surface area contributed by atoms with Crippen LogP contribution in [0.3, 0.4) is 0 Å². The van der Waals surface area contributed by atoms with Gasteiger partial charge in [0.25, 0.3) is 0 Å². The zero-order chi connectivity index (χ0) is 28.5. The number of aromatic nitrogens is 2. The highest BCUT2D eigenvalue weighted by Crippen LogP contribution is 2.55. The molecular weight excluding hydrogens is 537 g/mol. The quantitative estimate of drug-likeness (QED) is 0.376. The molecular formula is C28H32FN5O5S. The first-order valence-electron chi connectivity index (χ1n) is 13.2. The molecule has 3 aromatic rings.